The Morgan fingerprint density at radius 2 is 1.82 bits per heavy atom. The van der Waals surface area contributed by atoms with Gasteiger partial charge in [-0.2, -0.15) is 0 Å². The standard InChI is InChI=1S/C12H18BNO2S/c1-11(2)12(3,4)16-13(15-11)10-9(8-5-6-8)17-7-14-10/h7-8H,5-6H2,1-4H3. The molecule has 1 aromatic rings. The van der Waals surface area contributed by atoms with Crippen molar-refractivity contribution in [2.75, 3.05) is 0 Å². The molecular formula is C12H18BNO2S. The normalized spacial score (nSPS) is 26.5. The first-order valence-electron chi connectivity index (χ1n) is 6.20. The molecule has 2 aliphatic rings. The number of aromatic nitrogens is 1. The van der Waals surface area contributed by atoms with Crippen LogP contribution in [0.1, 0.15) is 51.3 Å². The smallest absolute Gasteiger partial charge is 0.398 e. The summed E-state index contributed by atoms with van der Waals surface area (Å²) in [5, 5.41) is 0. The average Bonchev–Trinajstić information content (AvgIpc) is 2.88. The van der Waals surface area contributed by atoms with Crippen LogP contribution in [0.5, 0.6) is 0 Å². The monoisotopic (exact) mass is 251 g/mol. The maximum absolute atomic E-state index is 6.05. The molecule has 5 heteroatoms. The van der Waals surface area contributed by atoms with Crippen LogP contribution in [-0.4, -0.2) is 23.3 Å². The molecule has 0 N–H and O–H groups in total. The molecule has 1 aromatic heterocycles. The summed E-state index contributed by atoms with van der Waals surface area (Å²) in [6.07, 6.45) is 2.57. The van der Waals surface area contributed by atoms with Gasteiger partial charge in [0, 0.05) is 4.88 Å². The van der Waals surface area contributed by atoms with Gasteiger partial charge in [0.15, 0.2) is 0 Å². The van der Waals surface area contributed by atoms with E-state index < -0.39 is 0 Å². The highest BCUT2D eigenvalue weighted by molar-refractivity contribution is 7.11. The molecule has 0 aromatic carbocycles. The van der Waals surface area contributed by atoms with Crippen molar-refractivity contribution >= 4 is 24.0 Å². The third kappa shape index (κ3) is 1.84. The van der Waals surface area contributed by atoms with Gasteiger partial charge in [-0.3, -0.25) is 4.98 Å². The van der Waals surface area contributed by atoms with E-state index >= 15 is 0 Å². The lowest BCUT2D eigenvalue weighted by Gasteiger charge is -2.32. The van der Waals surface area contributed by atoms with Gasteiger partial charge in [-0.05, 0) is 46.5 Å². The summed E-state index contributed by atoms with van der Waals surface area (Å²) in [7, 11) is -0.290. The zero-order chi connectivity index (χ0) is 12.3. The fourth-order valence-corrected chi connectivity index (χ4v) is 3.02. The molecule has 92 valence electrons. The number of hydrogen-bond acceptors (Lipinski definition) is 4. The van der Waals surface area contributed by atoms with E-state index in [9.17, 15) is 0 Å². The predicted molar refractivity (Wildman–Crippen MR) is 69.8 cm³/mol. The van der Waals surface area contributed by atoms with Gasteiger partial charge in [0.1, 0.15) is 0 Å². The Labute approximate surface area is 107 Å². The molecule has 0 amide bonds. The van der Waals surface area contributed by atoms with E-state index in [1.54, 1.807) is 11.3 Å². The summed E-state index contributed by atoms with van der Waals surface area (Å²) in [6, 6.07) is 0. The maximum Gasteiger partial charge on any atom is 0.515 e. The SMILES string of the molecule is CC1(C)OB(c2ncsc2C2CC2)OC1(C)C. The molecule has 1 aliphatic carbocycles. The van der Waals surface area contributed by atoms with Crippen molar-refractivity contribution in [3.8, 4) is 0 Å². The fraction of sp³-hybridized carbons (Fsp3) is 0.750. The van der Waals surface area contributed by atoms with Gasteiger partial charge in [0.05, 0.1) is 22.3 Å². The number of nitrogens with zero attached hydrogens (tertiary/aromatic N) is 1. The van der Waals surface area contributed by atoms with Gasteiger partial charge in [-0.1, -0.05) is 0 Å². The molecule has 2 heterocycles. The Hall–Kier alpha value is -0.385. The van der Waals surface area contributed by atoms with Gasteiger partial charge < -0.3 is 9.31 Å². The Bertz CT molecular complexity index is 423. The number of rotatable bonds is 2. The van der Waals surface area contributed by atoms with E-state index in [4.69, 9.17) is 9.31 Å². The molecule has 0 atom stereocenters. The van der Waals surface area contributed by atoms with Crippen molar-refractivity contribution in [1.29, 1.82) is 0 Å². The number of thiazole rings is 1. The molecule has 3 rings (SSSR count). The lowest BCUT2D eigenvalue weighted by Crippen LogP contribution is -2.41. The first-order chi connectivity index (χ1) is 7.91. The largest absolute Gasteiger partial charge is 0.515 e. The van der Waals surface area contributed by atoms with Crippen LogP contribution >= 0.6 is 11.3 Å². The van der Waals surface area contributed by atoms with Crippen molar-refractivity contribution in [3.05, 3.63) is 10.4 Å². The van der Waals surface area contributed by atoms with Crippen LogP contribution in [0.15, 0.2) is 5.51 Å². The minimum Gasteiger partial charge on any atom is -0.398 e. The summed E-state index contributed by atoms with van der Waals surface area (Å²) < 4.78 is 12.1. The highest BCUT2D eigenvalue weighted by atomic mass is 32.1. The van der Waals surface area contributed by atoms with Gasteiger partial charge in [-0.25, -0.2) is 0 Å². The predicted octanol–water partition coefficient (Wildman–Crippen LogP) is 2.32. The van der Waals surface area contributed by atoms with E-state index in [1.807, 2.05) is 5.51 Å². The molecular weight excluding hydrogens is 233 g/mol. The van der Waals surface area contributed by atoms with Gasteiger partial charge in [-0.15, -0.1) is 11.3 Å². The van der Waals surface area contributed by atoms with Crippen LogP contribution in [0.25, 0.3) is 0 Å². The van der Waals surface area contributed by atoms with E-state index in [1.165, 1.54) is 17.7 Å². The lowest BCUT2D eigenvalue weighted by molar-refractivity contribution is 0.00578. The van der Waals surface area contributed by atoms with Gasteiger partial charge in [0.25, 0.3) is 0 Å². The highest BCUT2D eigenvalue weighted by Gasteiger charge is 2.53. The first kappa shape index (κ1) is 11.7. The Kier molecular flexibility index (Phi) is 2.45. The lowest BCUT2D eigenvalue weighted by atomic mass is 9.83. The molecule has 0 spiro atoms. The molecule has 0 radical (unpaired) electrons. The second-order valence-corrected chi connectivity index (χ2v) is 6.85. The second-order valence-electron chi connectivity index (χ2n) is 5.96. The summed E-state index contributed by atoms with van der Waals surface area (Å²) in [5.74, 6) is 0.705. The number of hydrogen-bond donors (Lipinski definition) is 0. The minimum atomic E-state index is -0.290. The summed E-state index contributed by atoms with van der Waals surface area (Å²) in [6.45, 7) is 8.32. The average molecular weight is 251 g/mol. The third-order valence-electron chi connectivity index (χ3n) is 4.05. The Balaban J connectivity index is 1.89. The second kappa shape index (κ2) is 3.56. The zero-order valence-electron chi connectivity index (χ0n) is 10.8. The highest BCUT2D eigenvalue weighted by Crippen LogP contribution is 2.43. The molecule has 1 saturated heterocycles. The van der Waals surface area contributed by atoms with Crippen molar-refractivity contribution in [1.82, 2.24) is 4.98 Å². The summed E-state index contributed by atoms with van der Waals surface area (Å²) in [4.78, 5) is 5.82. The van der Waals surface area contributed by atoms with E-state index in [2.05, 4.69) is 32.7 Å². The molecule has 0 unspecified atom stereocenters. The van der Waals surface area contributed by atoms with Gasteiger partial charge in [0.2, 0.25) is 0 Å². The molecule has 17 heavy (non-hydrogen) atoms. The first-order valence-corrected chi connectivity index (χ1v) is 7.07. The Morgan fingerprint density at radius 1 is 1.24 bits per heavy atom. The summed E-state index contributed by atoms with van der Waals surface area (Å²) in [5.41, 5.74) is 2.37. The van der Waals surface area contributed by atoms with Crippen LogP contribution in [0.3, 0.4) is 0 Å². The van der Waals surface area contributed by atoms with Crippen molar-refractivity contribution in [2.45, 2.75) is 57.7 Å². The van der Waals surface area contributed by atoms with Crippen LogP contribution in [0.2, 0.25) is 0 Å². The van der Waals surface area contributed by atoms with Crippen molar-refractivity contribution in [2.24, 2.45) is 0 Å². The molecule has 2 fully saturated rings. The topological polar surface area (TPSA) is 31.4 Å². The minimum absolute atomic E-state index is 0.276. The van der Waals surface area contributed by atoms with E-state index in [-0.39, 0.29) is 18.3 Å². The van der Waals surface area contributed by atoms with Crippen LogP contribution in [0.4, 0.5) is 0 Å². The van der Waals surface area contributed by atoms with Crippen LogP contribution in [0, 0.1) is 0 Å². The van der Waals surface area contributed by atoms with Gasteiger partial charge >= 0.3 is 7.12 Å². The third-order valence-corrected chi connectivity index (χ3v) is 5.06. The maximum atomic E-state index is 6.05. The fourth-order valence-electron chi connectivity index (χ4n) is 2.05. The van der Waals surface area contributed by atoms with Crippen LogP contribution < -0.4 is 5.59 Å². The summed E-state index contributed by atoms with van der Waals surface area (Å²) >= 11 is 1.74. The van der Waals surface area contributed by atoms with E-state index in [0.717, 1.165) is 5.59 Å². The van der Waals surface area contributed by atoms with Crippen molar-refractivity contribution in [3.63, 3.8) is 0 Å². The zero-order valence-corrected chi connectivity index (χ0v) is 11.6. The van der Waals surface area contributed by atoms with Crippen LogP contribution in [-0.2, 0) is 9.31 Å². The quantitative estimate of drug-likeness (QED) is 0.756. The van der Waals surface area contributed by atoms with E-state index in [0.29, 0.717) is 5.92 Å². The Morgan fingerprint density at radius 3 is 2.35 bits per heavy atom. The molecule has 1 aliphatic heterocycles. The molecule has 3 nitrogen and oxygen atoms in total. The van der Waals surface area contributed by atoms with Crippen molar-refractivity contribution < 1.29 is 9.31 Å². The molecule has 1 saturated carbocycles. The molecule has 0 bridgehead atoms.